The maximum Gasteiger partial charge on any atom is 0.328 e. The van der Waals surface area contributed by atoms with Crippen LogP contribution in [-0.2, 0) is 27.2 Å². The van der Waals surface area contributed by atoms with Crippen LogP contribution in [0.3, 0.4) is 0 Å². The first-order chi connectivity index (χ1) is 12.4. The molecule has 0 bridgehead atoms. The van der Waals surface area contributed by atoms with Gasteiger partial charge in [0.05, 0.1) is 18.5 Å². The lowest BCUT2D eigenvalue weighted by molar-refractivity contribution is -0.384. The van der Waals surface area contributed by atoms with E-state index in [1.54, 1.807) is 6.07 Å². The molecule has 7 nitrogen and oxygen atoms in total. The Hall–Kier alpha value is -2.74. The molecule has 8 heteroatoms. The van der Waals surface area contributed by atoms with Gasteiger partial charge < -0.3 is 10.1 Å². The van der Waals surface area contributed by atoms with Gasteiger partial charge in [-0.05, 0) is 23.3 Å². The molecule has 136 valence electrons. The van der Waals surface area contributed by atoms with E-state index in [9.17, 15) is 19.7 Å². The van der Waals surface area contributed by atoms with Crippen LogP contribution in [0.15, 0.2) is 53.0 Å². The Balaban J connectivity index is 2.06. The number of halogens is 1. The van der Waals surface area contributed by atoms with Crippen LogP contribution in [0.5, 0.6) is 0 Å². The van der Waals surface area contributed by atoms with Crippen LogP contribution in [0.4, 0.5) is 5.69 Å². The molecule has 0 fully saturated rings. The van der Waals surface area contributed by atoms with Crippen LogP contribution in [-0.4, -0.2) is 30.0 Å². The Morgan fingerprint density at radius 1 is 1.19 bits per heavy atom. The van der Waals surface area contributed by atoms with Crippen LogP contribution < -0.4 is 5.32 Å². The van der Waals surface area contributed by atoms with Crippen LogP contribution in [0.1, 0.15) is 11.1 Å². The predicted molar refractivity (Wildman–Crippen MR) is 98.6 cm³/mol. The smallest absolute Gasteiger partial charge is 0.328 e. The van der Waals surface area contributed by atoms with E-state index in [1.807, 2.05) is 24.3 Å². The van der Waals surface area contributed by atoms with Gasteiger partial charge in [0.15, 0.2) is 0 Å². The Morgan fingerprint density at radius 2 is 1.88 bits per heavy atom. The second-order valence-electron chi connectivity index (χ2n) is 5.58. The van der Waals surface area contributed by atoms with Crippen molar-refractivity contribution in [3.63, 3.8) is 0 Å². The number of amides is 1. The van der Waals surface area contributed by atoms with E-state index in [-0.39, 0.29) is 18.5 Å². The summed E-state index contributed by atoms with van der Waals surface area (Å²) in [6, 6.07) is 12.3. The number of esters is 1. The molecule has 0 radical (unpaired) electrons. The van der Waals surface area contributed by atoms with Crippen LogP contribution >= 0.6 is 15.9 Å². The minimum atomic E-state index is -0.840. The molecule has 1 atom stereocenters. The minimum absolute atomic E-state index is 0.0739. The molecule has 0 aliphatic heterocycles. The molecule has 0 saturated heterocycles. The van der Waals surface area contributed by atoms with Crippen molar-refractivity contribution in [2.75, 3.05) is 7.11 Å². The number of hydrogen-bond acceptors (Lipinski definition) is 5. The molecule has 0 aliphatic rings. The molecule has 1 N–H and O–H groups in total. The largest absolute Gasteiger partial charge is 0.467 e. The number of nitrogens with one attached hydrogen (secondary N) is 1. The van der Waals surface area contributed by atoms with E-state index in [1.165, 1.54) is 25.3 Å². The predicted octanol–water partition coefficient (Wildman–Crippen LogP) is 2.80. The monoisotopic (exact) mass is 420 g/mol. The summed E-state index contributed by atoms with van der Waals surface area (Å²) in [5, 5.41) is 13.4. The number of nitro benzene ring substituents is 1. The van der Waals surface area contributed by atoms with Crippen molar-refractivity contribution < 1.29 is 19.2 Å². The Labute approximate surface area is 158 Å². The van der Waals surface area contributed by atoms with E-state index in [0.717, 1.165) is 10.0 Å². The third kappa shape index (κ3) is 5.66. The summed E-state index contributed by atoms with van der Waals surface area (Å²) < 4.78 is 5.67. The summed E-state index contributed by atoms with van der Waals surface area (Å²) in [5.74, 6) is -0.974. The van der Waals surface area contributed by atoms with Crippen molar-refractivity contribution >= 4 is 33.5 Å². The van der Waals surface area contributed by atoms with Gasteiger partial charge in [0.25, 0.3) is 5.69 Å². The van der Waals surface area contributed by atoms with E-state index in [4.69, 9.17) is 4.74 Å². The number of carbonyl (C=O) groups is 2. The molecule has 2 aromatic rings. The summed E-state index contributed by atoms with van der Waals surface area (Å²) in [6.45, 7) is 0. The summed E-state index contributed by atoms with van der Waals surface area (Å²) in [5.41, 5.74) is 1.26. The van der Waals surface area contributed by atoms with Gasteiger partial charge in [0.2, 0.25) is 5.91 Å². The number of nitro groups is 1. The zero-order valence-corrected chi connectivity index (χ0v) is 15.6. The van der Waals surface area contributed by atoms with Gasteiger partial charge in [-0.15, -0.1) is 0 Å². The molecule has 0 heterocycles. The second-order valence-corrected chi connectivity index (χ2v) is 6.49. The normalized spacial score (nSPS) is 11.5. The first-order valence-electron chi connectivity index (χ1n) is 7.74. The molecule has 2 rings (SSSR count). The van der Waals surface area contributed by atoms with Crippen molar-refractivity contribution in [3.05, 3.63) is 74.2 Å². The van der Waals surface area contributed by atoms with Crippen molar-refractivity contribution in [3.8, 4) is 0 Å². The summed E-state index contributed by atoms with van der Waals surface area (Å²) in [4.78, 5) is 34.5. The Kier molecular flexibility index (Phi) is 6.85. The molecular weight excluding hydrogens is 404 g/mol. The highest BCUT2D eigenvalue weighted by atomic mass is 79.9. The van der Waals surface area contributed by atoms with Crippen molar-refractivity contribution in [1.82, 2.24) is 5.32 Å². The van der Waals surface area contributed by atoms with Gasteiger partial charge in [-0.1, -0.05) is 40.2 Å². The maximum atomic E-state index is 12.3. The number of methoxy groups -OCH3 is 1. The summed E-state index contributed by atoms with van der Waals surface area (Å²) >= 11 is 3.34. The maximum absolute atomic E-state index is 12.3. The Morgan fingerprint density at radius 3 is 2.50 bits per heavy atom. The number of hydrogen-bond donors (Lipinski definition) is 1. The van der Waals surface area contributed by atoms with Gasteiger partial charge >= 0.3 is 5.97 Å². The van der Waals surface area contributed by atoms with Gasteiger partial charge in [0, 0.05) is 23.0 Å². The lowest BCUT2D eigenvalue weighted by Crippen LogP contribution is -2.43. The van der Waals surface area contributed by atoms with Crippen LogP contribution in [0.2, 0.25) is 0 Å². The fraction of sp³-hybridized carbons (Fsp3) is 0.222. The van der Waals surface area contributed by atoms with Gasteiger partial charge in [0.1, 0.15) is 6.04 Å². The summed E-state index contributed by atoms with van der Waals surface area (Å²) in [7, 11) is 1.25. The molecule has 2 aromatic carbocycles. The van der Waals surface area contributed by atoms with Crippen LogP contribution in [0, 0.1) is 10.1 Å². The molecule has 0 saturated carbocycles. The lowest BCUT2D eigenvalue weighted by atomic mass is 10.1. The number of benzene rings is 2. The molecule has 0 spiro atoms. The first kappa shape index (κ1) is 19.6. The zero-order chi connectivity index (χ0) is 19.1. The van der Waals surface area contributed by atoms with Gasteiger partial charge in [-0.2, -0.15) is 0 Å². The molecule has 1 amide bonds. The van der Waals surface area contributed by atoms with Gasteiger partial charge in [-0.25, -0.2) is 4.79 Å². The highest BCUT2D eigenvalue weighted by Crippen LogP contribution is 2.14. The molecule has 26 heavy (non-hydrogen) atoms. The average Bonchev–Trinajstić information content (AvgIpc) is 2.62. The first-order valence-corrected chi connectivity index (χ1v) is 8.53. The van der Waals surface area contributed by atoms with Crippen LogP contribution in [0.25, 0.3) is 0 Å². The number of rotatable bonds is 7. The standard InChI is InChI=1S/C18H17BrN2O5/c1-26-18(23)16(10-12-5-7-14(19)8-6-12)20-17(22)11-13-3-2-4-15(9-13)21(24)25/h2-9,16H,10-11H2,1H3,(H,20,22)/t16-/m1/s1. The van der Waals surface area contributed by atoms with Crippen molar-refractivity contribution in [1.29, 1.82) is 0 Å². The fourth-order valence-electron chi connectivity index (χ4n) is 2.40. The third-order valence-electron chi connectivity index (χ3n) is 3.66. The summed E-state index contributed by atoms with van der Waals surface area (Å²) in [6.07, 6.45) is 0.205. The third-order valence-corrected chi connectivity index (χ3v) is 4.19. The van der Waals surface area contributed by atoms with Crippen molar-refractivity contribution in [2.45, 2.75) is 18.9 Å². The van der Waals surface area contributed by atoms with Gasteiger partial charge in [-0.3, -0.25) is 14.9 Å². The molecule has 0 aliphatic carbocycles. The lowest BCUT2D eigenvalue weighted by Gasteiger charge is -2.17. The molecule has 0 unspecified atom stereocenters. The minimum Gasteiger partial charge on any atom is -0.467 e. The van der Waals surface area contributed by atoms with E-state index < -0.39 is 22.8 Å². The number of carbonyl (C=O) groups excluding carboxylic acids is 2. The number of ether oxygens (including phenoxy) is 1. The highest BCUT2D eigenvalue weighted by molar-refractivity contribution is 9.10. The van der Waals surface area contributed by atoms with E-state index in [0.29, 0.717) is 5.56 Å². The zero-order valence-electron chi connectivity index (χ0n) is 14.0. The van der Waals surface area contributed by atoms with Crippen molar-refractivity contribution in [2.24, 2.45) is 0 Å². The van der Waals surface area contributed by atoms with E-state index in [2.05, 4.69) is 21.2 Å². The fourth-order valence-corrected chi connectivity index (χ4v) is 2.67. The molecular formula is C18H17BrN2O5. The second kappa shape index (κ2) is 9.10. The number of nitrogens with zero attached hydrogens (tertiary/aromatic N) is 1. The molecule has 0 aromatic heterocycles. The SMILES string of the molecule is COC(=O)[C@@H](Cc1ccc(Br)cc1)NC(=O)Cc1cccc([N+](=O)[O-])c1. The average molecular weight is 421 g/mol. The topological polar surface area (TPSA) is 98.5 Å². The highest BCUT2D eigenvalue weighted by Gasteiger charge is 2.22. The number of non-ortho nitro benzene ring substituents is 1. The van der Waals surface area contributed by atoms with E-state index >= 15 is 0 Å². The Bertz CT molecular complexity index is 807. The quantitative estimate of drug-likeness (QED) is 0.421.